The molecule has 2 rings (SSSR count). The molecule has 0 aliphatic rings. The van der Waals surface area contributed by atoms with E-state index in [0.29, 0.717) is 18.8 Å². The van der Waals surface area contributed by atoms with E-state index in [4.69, 9.17) is 0 Å². The molecule has 0 saturated heterocycles. The van der Waals surface area contributed by atoms with Crippen molar-refractivity contribution in [3.8, 4) is 0 Å². The Kier molecular flexibility index (Phi) is 5.23. The molecule has 1 nitrogen and oxygen atoms in total. The molecule has 1 N–H and O–H groups in total. The third-order valence-corrected chi connectivity index (χ3v) is 4.26. The molecule has 0 aliphatic heterocycles. The molecule has 0 saturated carbocycles. The van der Waals surface area contributed by atoms with Gasteiger partial charge < -0.3 is 5.11 Å². The summed E-state index contributed by atoms with van der Waals surface area (Å²) in [7, 11) is 0. The fourth-order valence-corrected chi connectivity index (χ4v) is 2.83. The normalized spacial score (nSPS) is 14.2. The SMILES string of the molecule is CC(C)c1ccc(CC(C)(O)Cc2ccc(Br)cc2)cc1. The monoisotopic (exact) mass is 346 g/mol. The van der Waals surface area contributed by atoms with Gasteiger partial charge in [0.2, 0.25) is 0 Å². The molecule has 21 heavy (non-hydrogen) atoms. The highest BCUT2D eigenvalue weighted by Gasteiger charge is 2.21. The van der Waals surface area contributed by atoms with E-state index < -0.39 is 5.60 Å². The molecule has 0 bridgehead atoms. The van der Waals surface area contributed by atoms with Gasteiger partial charge in [-0.1, -0.05) is 66.2 Å². The average molecular weight is 347 g/mol. The third-order valence-electron chi connectivity index (χ3n) is 3.73. The van der Waals surface area contributed by atoms with E-state index in [1.165, 1.54) is 11.1 Å². The Morgan fingerprint density at radius 2 is 1.33 bits per heavy atom. The second-order valence-electron chi connectivity index (χ2n) is 6.37. The number of rotatable bonds is 5. The summed E-state index contributed by atoms with van der Waals surface area (Å²) in [5.74, 6) is 0.544. The van der Waals surface area contributed by atoms with Crippen LogP contribution in [0.25, 0.3) is 0 Å². The molecule has 0 aromatic heterocycles. The smallest absolute Gasteiger partial charge is 0.0700 e. The van der Waals surface area contributed by atoms with Crippen molar-refractivity contribution in [2.75, 3.05) is 0 Å². The first-order chi connectivity index (χ1) is 9.85. The predicted octanol–water partition coefficient (Wildman–Crippen LogP) is 5.11. The highest BCUT2D eigenvalue weighted by Crippen LogP contribution is 2.22. The summed E-state index contributed by atoms with van der Waals surface area (Å²) in [4.78, 5) is 0. The Morgan fingerprint density at radius 3 is 1.76 bits per heavy atom. The average Bonchev–Trinajstić information content (AvgIpc) is 2.41. The Labute approximate surface area is 136 Å². The number of hydrogen-bond donors (Lipinski definition) is 1. The van der Waals surface area contributed by atoms with Crippen molar-refractivity contribution in [2.45, 2.75) is 45.1 Å². The molecule has 112 valence electrons. The number of hydrogen-bond acceptors (Lipinski definition) is 1. The van der Waals surface area contributed by atoms with Crippen LogP contribution in [-0.4, -0.2) is 10.7 Å². The lowest BCUT2D eigenvalue weighted by atomic mass is 9.89. The summed E-state index contributed by atoms with van der Waals surface area (Å²) in [5, 5.41) is 10.7. The summed E-state index contributed by atoms with van der Waals surface area (Å²) < 4.78 is 1.06. The Hall–Kier alpha value is -1.12. The van der Waals surface area contributed by atoms with Crippen molar-refractivity contribution >= 4 is 15.9 Å². The van der Waals surface area contributed by atoms with Crippen LogP contribution in [0.5, 0.6) is 0 Å². The number of aliphatic hydroxyl groups is 1. The standard InChI is InChI=1S/C19H23BrO/c1-14(2)17-8-4-15(5-9-17)12-19(3,21)13-16-6-10-18(20)11-7-16/h4-11,14,21H,12-13H2,1-3H3. The minimum absolute atomic E-state index is 0.544. The van der Waals surface area contributed by atoms with Crippen LogP contribution < -0.4 is 0 Å². The van der Waals surface area contributed by atoms with Crippen molar-refractivity contribution in [3.05, 3.63) is 69.7 Å². The maximum absolute atomic E-state index is 10.7. The largest absolute Gasteiger partial charge is 0.389 e. The molecular formula is C19H23BrO. The molecule has 0 amide bonds. The lowest BCUT2D eigenvalue weighted by Gasteiger charge is -2.24. The lowest BCUT2D eigenvalue weighted by Crippen LogP contribution is -2.30. The van der Waals surface area contributed by atoms with Gasteiger partial charge in [0.25, 0.3) is 0 Å². The molecule has 2 aromatic carbocycles. The first-order valence-electron chi connectivity index (χ1n) is 7.41. The molecule has 0 aliphatic carbocycles. The van der Waals surface area contributed by atoms with Crippen molar-refractivity contribution in [1.29, 1.82) is 0 Å². The minimum Gasteiger partial charge on any atom is -0.389 e. The summed E-state index contributed by atoms with van der Waals surface area (Å²) >= 11 is 3.43. The first kappa shape index (κ1) is 16.3. The van der Waals surface area contributed by atoms with E-state index in [1.54, 1.807) is 0 Å². The van der Waals surface area contributed by atoms with Gasteiger partial charge in [-0.3, -0.25) is 0 Å². The molecule has 0 radical (unpaired) electrons. The number of halogens is 1. The first-order valence-corrected chi connectivity index (χ1v) is 8.21. The van der Waals surface area contributed by atoms with Crippen molar-refractivity contribution < 1.29 is 5.11 Å². The van der Waals surface area contributed by atoms with Crippen LogP contribution in [-0.2, 0) is 12.8 Å². The third kappa shape index (κ3) is 4.98. The zero-order valence-electron chi connectivity index (χ0n) is 12.9. The van der Waals surface area contributed by atoms with Gasteiger partial charge in [0.1, 0.15) is 0 Å². The van der Waals surface area contributed by atoms with Gasteiger partial charge in [0.05, 0.1) is 5.60 Å². The highest BCUT2D eigenvalue weighted by molar-refractivity contribution is 9.10. The molecule has 1 unspecified atom stereocenters. The topological polar surface area (TPSA) is 20.2 Å². The Morgan fingerprint density at radius 1 is 0.905 bits per heavy atom. The molecule has 2 heteroatoms. The number of benzene rings is 2. The van der Waals surface area contributed by atoms with Crippen molar-refractivity contribution in [1.82, 2.24) is 0 Å². The maximum Gasteiger partial charge on any atom is 0.0700 e. The zero-order valence-corrected chi connectivity index (χ0v) is 14.5. The highest BCUT2D eigenvalue weighted by atomic mass is 79.9. The van der Waals surface area contributed by atoms with Crippen LogP contribution in [0, 0.1) is 0 Å². The van der Waals surface area contributed by atoms with Crippen LogP contribution in [0.15, 0.2) is 53.0 Å². The van der Waals surface area contributed by atoms with Crippen LogP contribution in [0.2, 0.25) is 0 Å². The van der Waals surface area contributed by atoms with E-state index in [0.717, 1.165) is 10.0 Å². The molecule has 1 atom stereocenters. The molecule has 0 spiro atoms. The Balaban J connectivity index is 2.04. The van der Waals surface area contributed by atoms with E-state index >= 15 is 0 Å². The molecule has 0 fully saturated rings. The minimum atomic E-state index is -0.729. The molecule has 2 aromatic rings. The maximum atomic E-state index is 10.7. The van der Waals surface area contributed by atoms with Crippen LogP contribution >= 0.6 is 15.9 Å². The quantitative estimate of drug-likeness (QED) is 0.797. The van der Waals surface area contributed by atoms with Gasteiger partial charge in [0, 0.05) is 17.3 Å². The summed E-state index contributed by atoms with van der Waals surface area (Å²) in [5.41, 5.74) is 2.95. The fraction of sp³-hybridized carbons (Fsp3) is 0.368. The van der Waals surface area contributed by atoms with Gasteiger partial charge in [0.15, 0.2) is 0 Å². The summed E-state index contributed by atoms with van der Waals surface area (Å²) in [6, 6.07) is 16.7. The van der Waals surface area contributed by atoms with E-state index in [1.807, 2.05) is 19.1 Å². The van der Waals surface area contributed by atoms with E-state index in [2.05, 4.69) is 66.2 Å². The molecule has 0 heterocycles. The fourth-order valence-electron chi connectivity index (χ4n) is 2.56. The summed E-state index contributed by atoms with van der Waals surface area (Å²) in [6.45, 7) is 6.29. The van der Waals surface area contributed by atoms with Gasteiger partial charge >= 0.3 is 0 Å². The molecular weight excluding hydrogens is 324 g/mol. The lowest BCUT2D eigenvalue weighted by molar-refractivity contribution is 0.0608. The van der Waals surface area contributed by atoms with Crippen molar-refractivity contribution in [2.24, 2.45) is 0 Å². The van der Waals surface area contributed by atoms with Crippen LogP contribution in [0.1, 0.15) is 43.4 Å². The summed E-state index contributed by atoms with van der Waals surface area (Å²) in [6.07, 6.45) is 1.33. The van der Waals surface area contributed by atoms with Gasteiger partial charge in [-0.15, -0.1) is 0 Å². The van der Waals surface area contributed by atoms with Gasteiger partial charge in [-0.2, -0.15) is 0 Å². The van der Waals surface area contributed by atoms with Crippen LogP contribution in [0.3, 0.4) is 0 Å². The van der Waals surface area contributed by atoms with E-state index in [-0.39, 0.29) is 0 Å². The van der Waals surface area contributed by atoms with Crippen LogP contribution in [0.4, 0.5) is 0 Å². The Bertz CT molecular complexity index is 568. The van der Waals surface area contributed by atoms with E-state index in [9.17, 15) is 5.11 Å². The van der Waals surface area contributed by atoms with Gasteiger partial charge in [-0.05, 0) is 41.7 Å². The predicted molar refractivity (Wildman–Crippen MR) is 92.7 cm³/mol. The second kappa shape index (κ2) is 6.76. The zero-order chi connectivity index (χ0) is 15.5. The van der Waals surface area contributed by atoms with Crippen molar-refractivity contribution in [3.63, 3.8) is 0 Å². The van der Waals surface area contributed by atoms with Gasteiger partial charge in [-0.25, -0.2) is 0 Å². The second-order valence-corrected chi connectivity index (χ2v) is 7.29.